The average molecular weight is 569 g/mol. The minimum Gasteiger partial charge on any atom is -0.383 e. The van der Waals surface area contributed by atoms with Gasteiger partial charge in [-0.15, -0.1) is 0 Å². The molecule has 8 heteroatoms. The molecule has 0 aromatic carbocycles. The number of aromatic nitrogens is 2. The minimum absolute atomic E-state index is 0.319. The molecule has 5 rings (SSSR count). The van der Waals surface area contributed by atoms with E-state index in [4.69, 9.17) is 10.7 Å². The highest BCUT2D eigenvalue weighted by atomic mass is 15.3. The van der Waals surface area contributed by atoms with Gasteiger partial charge in [0.2, 0.25) is 5.95 Å². The second-order valence-electron chi connectivity index (χ2n) is 13.8. The van der Waals surface area contributed by atoms with Crippen LogP contribution in [0.5, 0.6) is 0 Å². The van der Waals surface area contributed by atoms with Crippen molar-refractivity contribution in [2.24, 2.45) is 11.8 Å². The number of nitrogens with two attached hydrogens (primary N) is 1. The molecule has 1 spiro atoms. The molecule has 1 aliphatic heterocycles. The van der Waals surface area contributed by atoms with Crippen molar-refractivity contribution in [1.82, 2.24) is 25.5 Å². The number of unbranched alkanes of at least 4 members (excludes halogenated alkanes) is 1. The van der Waals surface area contributed by atoms with Gasteiger partial charge in [0.25, 0.3) is 0 Å². The van der Waals surface area contributed by atoms with Crippen molar-refractivity contribution in [3.8, 4) is 0 Å². The summed E-state index contributed by atoms with van der Waals surface area (Å²) >= 11 is 0. The Kier molecular flexibility index (Phi) is 11.8. The van der Waals surface area contributed by atoms with Crippen molar-refractivity contribution in [3.63, 3.8) is 0 Å². The molecule has 41 heavy (non-hydrogen) atoms. The molecule has 5 N–H and O–H groups in total. The second-order valence-corrected chi connectivity index (χ2v) is 13.8. The molecule has 8 nitrogen and oxygen atoms in total. The van der Waals surface area contributed by atoms with Crippen molar-refractivity contribution in [3.05, 3.63) is 6.07 Å². The van der Waals surface area contributed by atoms with Crippen LogP contribution >= 0.6 is 0 Å². The summed E-state index contributed by atoms with van der Waals surface area (Å²) < 4.78 is 0. The molecular formula is C33H60N8. The van der Waals surface area contributed by atoms with Gasteiger partial charge in [-0.2, -0.15) is 9.97 Å². The Morgan fingerprint density at radius 3 is 2.39 bits per heavy atom. The lowest BCUT2D eigenvalue weighted by molar-refractivity contribution is 0.0761. The fraction of sp³-hybridized carbons (Fsp3) is 0.879. The topological polar surface area (TPSA) is 94.4 Å². The zero-order valence-electron chi connectivity index (χ0n) is 26.1. The molecule has 1 aromatic rings. The lowest BCUT2D eigenvalue weighted by atomic mass is 9.82. The van der Waals surface area contributed by atoms with Gasteiger partial charge in [0.1, 0.15) is 11.6 Å². The van der Waals surface area contributed by atoms with Crippen LogP contribution in [-0.4, -0.2) is 78.8 Å². The number of hydrogen-bond acceptors (Lipinski definition) is 8. The normalized spacial score (nSPS) is 25.6. The van der Waals surface area contributed by atoms with Gasteiger partial charge in [-0.1, -0.05) is 45.4 Å². The van der Waals surface area contributed by atoms with Gasteiger partial charge in [0.15, 0.2) is 0 Å². The first-order valence-electron chi connectivity index (χ1n) is 17.5. The van der Waals surface area contributed by atoms with Crippen LogP contribution in [0.4, 0.5) is 17.6 Å². The standard InChI is InChI=1S/C33H60N8/c1-2-3-20-41-22-21-40(26-33(41)16-7-8-17-33)31-23-30(34)38-32(39-31)37-25-28-14-12-27(13-15-28)24-35-18-9-19-36-29-10-5-4-6-11-29/h23,27-29,35-36H,2-22,24-26H2,1H3,(H3,34,37,38,39)/t27-,28-. The van der Waals surface area contributed by atoms with Crippen LogP contribution in [-0.2, 0) is 0 Å². The van der Waals surface area contributed by atoms with Gasteiger partial charge >= 0.3 is 0 Å². The van der Waals surface area contributed by atoms with E-state index in [2.05, 4.69) is 37.7 Å². The molecular weight excluding hydrogens is 508 g/mol. The Labute approximate surface area is 250 Å². The van der Waals surface area contributed by atoms with Crippen LogP contribution in [0.2, 0.25) is 0 Å². The van der Waals surface area contributed by atoms with Gasteiger partial charge < -0.3 is 26.6 Å². The summed E-state index contributed by atoms with van der Waals surface area (Å²) in [5.74, 6) is 3.81. The number of rotatable bonds is 14. The van der Waals surface area contributed by atoms with Gasteiger partial charge in [-0.25, -0.2) is 0 Å². The third kappa shape index (κ3) is 8.93. The fourth-order valence-electron chi connectivity index (χ4n) is 8.12. The number of nitrogens with zero attached hydrogens (tertiary/aromatic N) is 4. The van der Waals surface area contributed by atoms with E-state index in [1.807, 2.05) is 6.07 Å². The molecule has 4 fully saturated rings. The minimum atomic E-state index is 0.319. The van der Waals surface area contributed by atoms with Crippen LogP contribution in [0.1, 0.15) is 110 Å². The highest BCUT2D eigenvalue weighted by molar-refractivity contribution is 5.52. The van der Waals surface area contributed by atoms with E-state index in [-0.39, 0.29) is 0 Å². The van der Waals surface area contributed by atoms with E-state index in [9.17, 15) is 0 Å². The van der Waals surface area contributed by atoms with E-state index in [0.29, 0.717) is 23.2 Å². The fourth-order valence-corrected chi connectivity index (χ4v) is 8.12. The summed E-state index contributed by atoms with van der Waals surface area (Å²) in [4.78, 5) is 14.8. The first-order chi connectivity index (χ1) is 20.1. The monoisotopic (exact) mass is 568 g/mol. The summed E-state index contributed by atoms with van der Waals surface area (Å²) in [7, 11) is 0. The SMILES string of the molecule is CCCCN1CCN(c2cc(N)nc(NC[C@H]3CC[C@H](CNCCCNC4CCCCC4)CC3)n2)CC12CCCC2. The highest BCUT2D eigenvalue weighted by Crippen LogP contribution is 2.39. The zero-order chi connectivity index (χ0) is 28.3. The first-order valence-corrected chi connectivity index (χ1v) is 17.5. The van der Waals surface area contributed by atoms with Crippen molar-refractivity contribution >= 4 is 17.6 Å². The lowest BCUT2D eigenvalue weighted by Crippen LogP contribution is -2.61. The Morgan fingerprint density at radius 1 is 0.878 bits per heavy atom. The number of hydrogen-bond donors (Lipinski definition) is 4. The molecule has 0 amide bonds. The second kappa shape index (κ2) is 15.7. The van der Waals surface area contributed by atoms with Crippen LogP contribution in [0.3, 0.4) is 0 Å². The largest absolute Gasteiger partial charge is 0.383 e. The predicted octanol–water partition coefficient (Wildman–Crippen LogP) is 5.41. The summed E-state index contributed by atoms with van der Waals surface area (Å²) in [5.41, 5.74) is 6.63. The van der Waals surface area contributed by atoms with Crippen LogP contribution in [0.15, 0.2) is 6.07 Å². The molecule has 0 atom stereocenters. The number of nitrogens with one attached hydrogen (secondary N) is 3. The van der Waals surface area contributed by atoms with Gasteiger partial charge in [0, 0.05) is 43.8 Å². The quantitative estimate of drug-likeness (QED) is 0.221. The molecule has 1 saturated heterocycles. The molecule has 0 radical (unpaired) electrons. The predicted molar refractivity (Wildman–Crippen MR) is 173 cm³/mol. The van der Waals surface area contributed by atoms with E-state index in [1.165, 1.54) is 122 Å². The van der Waals surface area contributed by atoms with E-state index in [1.54, 1.807) is 0 Å². The Balaban J connectivity index is 1.01. The third-order valence-corrected chi connectivity index (χ3v) is 10.7. The highest BCUT2D eigenvalue weighted by Gasteiger charge is 2.43. The lowest BCUT2D eigenvalue weighted by Gasteiger charge is -2.49. The number of nitrogen functional groups attached to an aromatic ring is 1. The maximum atomic E-state index is 6.31. The van der Waals surface area contributed by atoms with Gasteiger partial charge in [0.05, 0.1) is 0 Å². The summed E-state index contributed by atoms with van der Waals surface area (Å²) in [6.45, 7) is 11.2. The molecule has 0 bridgehead atoms. The summed E-state index contributed by atoms with van der Waals surface area (Å²) in [6.07, 6.45) is 21.4. The molecule has 3 aliphatic carbocycles. The van der Waals surface area contributed by atoms with Gasteiger partial charge in [-0.3, -0.25) is 4.90 Å². The smallest absolute Gasteiger partial charge is 0.226 e. The summed E-state index contributed by atoms with van der Waals surface area (Å²) in [6, 6.07) is 2.77. The average Bonchev–Trinajstić information content (AvgIpc) is 3.46. The molecule has 0 unspecified atom stereocenters. The van der Waals surface area contributed by atoms with E-state index in [0.717, 1.165) is 50.5 Å². The van der Waals surface area contributed by atoms with Crippen LogP contribution in [0, 0.1) is 11.8 Å². The van der Waals surface area contributed by atoms with Crippen LogP contribution < -0.4 is 26.6 Å². The zero-order valence-corrected chi connectivity index (χ0v) is 26.1. The van der Waals surface area contributed by atoms with Crippen molar-refractivity contribution in [1.29, 1.82) is 0 Å². The van der Waals surface area contributed by atoms with E-state index < -0.39 is 0 Å². The van der Waals surface area contributed by atoms with Crippen molar-refractivity contribution in [2.75, 3.05) is 68.3 Å². The molecule has 2 heterocycles. The maximum absolute atomic E-state index is 6.31. The Morgan fingerprint density at radius 2 is 1.63 bits per heavy atom. The molecule has 232 valence electrons. The number of anilines is 3. The Hall–Kier alpha value is -1.64. The maximum Gasteiger partial charge on any atom is 0.226 e. The first kappa shape index (κ1) is 30.8. The number of piperazine rings is 1. The third-order valence-electron chi connectivity index (χ3n) is 10.7. The van der Waals surface area contributed by atoms with E-state index >= 15 is 0 Å². The molecule has 4 aliphatic rings. The Bertz CT molecular complexity index is 889. The summed E-state index contributed by atoms with van der Waals surface area (Å²) in [5, 5.41) is 11.1. The van der Waals surface area contributed by atoms with Gasteiger partial charge in [-0.05, 0) is 102 Å². The van der Waals surface area contributed by atoms with Crippen molar-refractivity contribution in [2.45, 2.75) is 121 Å². The molecule has 3 saturated carbocycles. The van der Waals surface area contributed by atoms with Crippen LogP contribution in [0.25, 0.3) is 0 Å². The van der Waals surface area contributed by atoms with Crippen molar-refractivity contribution < 1.29 is 0 Å². The molecule has 1 aromatic heterocycles.